The van der Waals surface area contributed by atoms with E-state index >= 15 is 0 Å². The van der Waals surface area contributed by atoms with Crippen molar-refractivity contribution >= 4 is 34.1 Å². The van der Waals surface area contributed by atoms with Crippen molar-refractivity contribution in [3.05, 3.63) is 68.5 Å². The van der Waals surface area contributed by atoms with E-state index in [0.29, 0.717) is 39.9 Å². The zero-order valence-corrected chi connectivity index (χ0v) is 18.0. The first-order valence-electron chi connectivity index (χ1n) is 9.86. The number of aryl methyl sites for hydroxylation is 1. The van der Waals surface area contributed by atoms with Gasteiger partial charge < -0.3 is 4.74 Å². The van der Waals surface area contributed by atoms with E-state index in [9.17, 15) is 14.9 Å². The van der Waals surface area contributed by atoms with Gasteiger partial charge in [-0.1, -0.05) is 37.2 Å². The number of unbranched alkanes of at least 4 members (excludes halogenated alkanes) is 1. The third-order valence-electron chi connectivity index (χ3n) is 5.05. The third-order valence-corrected chi connectivity index (χ3v) is 6.02. The number of hydrogen-bond acceptors (Lipinski definition) is 7. The van der Waals surface area contributed by atoms with Crippen LogP contribution in [0.2, 0.25) is 0 Å². The zero-order chi connectivity index (χ0) is 22.0. The summed E-state index contributed by atoms with van der Waals surface area (Å²) in [6.07, 6.45) is 1.81. The Kier molecular flexibility index (Phi) is 5.90. The highest BCUT2D eigenvalue weighted by molar-refractivity contribution is 7.98. The van der Waals surface area contributed by atoms with Crippen LogP contribution in [0.3, 0.4) is 0 Å². The van der Waals surface area contributed by atoms with Crippen LogP contribution in [-0.4, -0.2) is 31.2 Å². The summed E-state index contributed by atoms with van der Waals surface area (Å²) in [5.41, 5.74) is 1.33. The monoisotopic (exact) mass is 439 g/mol. The molecule has 0 amide bonds. The van der Waals surface area contributed by atoms with Crippen molar-refractivity contribution < 1.29 is 9.66 Å². The highest BCUT2D eigenvalue weighted by Crippen LogP contribution is 2.31. The average Bonchev–Trinajstić information content (AvgIpc) is 3.21. The zero-order valence-electron chi connectivity index (χ0n) is 17.1. The molecule has 0 aliphatic heterocycles. The Hall–Kier alpha value is -3.40. The summed E-state index contributed by atoms with van der Waals surface area (Å²) in [6.45, 7) is 2.63. The number of fused-ring (bicyclic) bond motifs is 3. The molecule has 0 radical (unpaired) electrons. The predicted molar refractivity (Wildman–Crippen MR) is 119 cm³/mol. The second-order valence-electron chi connectivity index (χ2n) is 6.99. The molecule has 2 aromatic carbocycles. The summed E-state index contributed by atoms with van der Waals surface area (Å²) in [6, 6.07) is 11.9. The van der Waals surface area contributed by atoms with E-state index in [-0.39, 0.29) is 11.2 Å². The van der Waals surface area contributed by atoms with Crippen molar-refractivity contribution in [1.82, 2.24) is 19.2 Å². The van der Waals surface area contributed by atoms with Crippen LogP contribution in [0.5, 0.6) is 5.75 Å². The van der Waals surface area contributed by atoms with Crippen LogP contribution < -0.4 is 10.3 Å². The predicted octanol–water partition coefficient (Wildman–Crippen LogP) is 4.05. The molecule has 0 saturated carbocycles. The first kappa shape index (κ1) is 20.9. The molecule has 0 fully saturated rings. The van der Waals surface area contributed by atoms with Gasteiger partial charge in [-0.25, -0.2) is 0 Å². The second kappa shape index (κ2) is 8.76. The molecule has 0 aliphatic rings. The molecule has 0 unspecified atom stereocenters. The molecule has 4 rings (SSSR count). The van der Waals surface area contributed by atoms with E-state index < -0.39 is 4.92 Å². The highest BCUT2D eigenvalue weighted by atomic mass is 32.2. The number of aromatic nitrogens is 4. The number of nitrogens with zero attached hydrogens (tertiary/aromatic N) is 5. The van der Waals surface area contributed by atoms with Crippen molar-refractivity contribution in [2.45, 2.75) is 37.2 Å². The van der Waals surface area contributed by atoms with Crippen LogP contribution >= 0.6 is 11.8 Å². The van der Waals surface area contributed by atoms with Crippen molar-refractivity contribution in [3.8, 4) is 5.75 Å². The Morgan fingerprint density at radius 1 is 1.19 bits per heavy atom. The first-order valence-corrected chi connectivity index (χ1v) is 10.8. The third kappa shape index (κ3) is 3.86. The summed E-state index contributed by atoms with van der Waals surface area (Å²) in [5, 5.41) is 21.0. The average molecular weight is 439 g/mol. The van der Waals surface area contributed by atoms with Gasteiger partial charge in [-0.05, 0) is 24.6 Å². The summed E-state index contributed by atoms with van der Waals surface area (Å²) in [7, 11) is 1.53. The van der Waals surface area contributed by atoms with Gasteiger partial charge in [0.25, 0.3) is 11.2 Å². The van der Waals surface area contributed by atoms with Gasteiger partial charge in [0.15, 0.2) is 5.16 Å². The number of nitro groups is 1. The molecular weight excluding hydrogens is 418 g/mol. The fourth-order valence-corrected chi connectivity index (χ4v) is 4.40. The lowest BCUT2D eigenvalue weighted by atomic mass is 10.2. The molecule has 4 aromatic rings. The van der Waals surface area contributed by atoms with Gasteiger partial charge in [0.2, 0.25) is 5.78 Å². The van der Waals surface area contributed by atoms with E-state index in [2.05, 4.69) is 17.1 Å². The normalized spacial score (nSPS) is 11.3. The Morgan fingerprint density at radius 3 is 2.74 bits per heavy atom. The number of ether oxygens (including phenoxy) is 1. The first-order chi connectivity index (χ1) is 15.0. The number of nitro benzene ring substituents is 1. The molecule has 0 saturated heterocycles. The Morgan fingerprint density at radius 2 is 2.00 bits per heavy atom. The van der Waals surface area contributed by atoms with Gasteiger partial charge in [0.1, 0.15) is 5.75 Å². The Bertz CT molecular complexity index is 1330. The van der Waals surface area contributed by atoms with Gasteiger partial charge in [0, 0.05) is 30.0 Å². The molecule has 0 aliphatic carbocycles. The summed E-state index contributed by atoms with van der Waals surface area (Å²) < 4.78 is 8.90. The van der Waals surface area contributed by atoms with Gasteiger partial charge in [-0.15, -0.1) is 10.2 Å². The minimum atomic E-state index is -0.431. The standard InChI is InChI=1S/C21H21N5O4S/c1-3-4-11-24-19(27)16-7-5-6-8-17(16)25-20(24)22-23-21(25)31-13-14-12-15(26(28)29)9-10-18(14)30-2/h5-10,12H,3-4,11,13H2,1-2H3. The Balaban J connectivity index is 1.80. The van der Waals surface area contributed by atoms with Gasteiger partial charge in [-0.3, -0.25) is 23.9 Å². The number of rotatable bonds is 8. The molecule has 160 valence electrons. The van der Waals surface area contributed by atoms with E-state index in [1.807, 2.05) is 22.6 Å². The minimum absolute atomic E-state index is 0.00125. The van der Waals surface area contributed by atoms with Crippen molar-refractivity contribution in [2.24, 2.45) is 0 Å². The quantitative estimate of drug-likeness (QED) is 0.232. The van der Waals surface area contributed by atoms with E-state index in [0.717, 1.165) is 18.4 Å². The maximum atomic E-state index is 13.0. The highest BCUT2D eigenvalue weighted by Gasteiger charge is 2.18. The van der Waals surface area contributed by atoms with Crippen LogP contribution in [0.25, 0.3) is 16.7 Å². The maximum Gasteiger partial charge on any atom is 0.270 e. The summed E-state index contributed by atoms with van der Waals surface area (Å²) >= 11 is 1.38. The van der Waals surface area contributed by atoms with E-state index in [1.54, 1.807) is 16.7 Å². The lowest BCUT2D eigenvalue weighted by Crippen LogP contribution is -2.23. The van der Waals surface area contributed by atoms with Crippen LogP contribution in [0.4, 0.5) is 5.69 Å². The molecule has 2 heterocycles. The van der Waals surface area contributed by atoms with Crippen LogP contribution in [0.1, 0.15) is 25.3 Å². The molecule has 31 heavy (non-hydrogen) atoms. The molecule has 2 aromatic heterocycles. The molecule has 0 N–H and O–H groups in total. The van der Waals surface area contributed by atoms with Crippen LogP contribution in [0, 0.1) is 10.1 Å². The molecule has 0 atom stereocenters. The molecule has 0 bridgehead atoms. The fourth-order valence-electron chi connectivity index (χ4n) is 3.48. The summed E-state index contributed by atoms with van der Waals surface area (Å²) in [4.78, 5) is 23.7. The molecular formula is C21H21N5O4S. The maximum absolute atomic E-state index is 13.0. The topological polar surface area (TPSA) is 105 Å². The lowest BCUT2D eigenvalue weighted by Gasteiger charge is -2.11. The number of para-hydroxylation sites is 1. The molecule has 9 nitrogen and oxygen atoms in total. The largest absolute Gasteiger partial charge is 0.496 e. The van der Waals surface area contributed by atoms with Crippen molar-refractivity contribution in [1.29, 1.82) is 0 Å². The van der Waals surface area contributed by atoms with Crippen molar-refractivity contribution in [2.75, 3.05) is 7.11 Å². The smallest absolute Gasteiger partial charge is 0.270 e. The van der Waals surface area contributed by atoms with Crippen molar-refractivity contribution in [3.63, 3.8) is 0 Å². The lowest BCUT2D eigenvalue weighted by molar-refractivity contribution is -0.384. The summed E-state index contributed by atoms with van der Waals surface area (Å²) in [5.74, 6) is 1.45. The van der Waals surface area contributed by atoms with Gasteiger partial charge >= 0.3 is 0 Å². The van der Waals surface area contributed by atoms with Gasteiger partial charge in [0.05, 0.1) is 22.9 Å². The molecule has 0 spiro atoms. The number of thioether (sulfide) groups is 1. The molecule has 10 heteroatoms. The van der Waals surface area contributed by atoms with Crippen LogP contribution in [-0.2, 0) is 12.3 Å². The van der Waals surface area contributed by atoms with Crippen LogP contribution in [0.15, 0.2) is 52.4 Å². The van der Waals surface area contributed by atoms with E-state index in [1.165, 1.54) is 31.0 Å². The minimum Gasteiger partial charge on any atom is -0.496 e. The SMILES string of the molecule is CCCCn1c(=O)c2ccccc2n2c(SCc3cc([N+](=O)[O-])ccc3OC)nnc12. The van der Waals surface area contributed by atoms with Gasteiger partial charge in [-0.2, -0.15) is 0 Å². The number of hydrogen-bond donors (Lipinski definition) is 0. The number of non-ortho nitro benzene ring substituents is 1. The Labute approximate surface area is 181 Å². The second-order valence-corrected chi connectivity index (χ2v) is 7.93. The number of methoxy groups -OCH3 is 1. The number of benzene rings is 2. The van der Waals surface area contributed by atoms with E-state index in [4.69, 9.17) is 4.74 Å². The fraction of sp³-hybridized carbons (Fsp3) is 0.286.